The molecular formula is C10H16N4O. The Kier molecular flexibility index (Phi) is 3.11. The van der Waals surface area contributed by atoms with Crippen molar-refractivity contribution in [2.24, 2.45) is 5.92 Å². The summed E-state index contributed by atoms with van der Waals surface area (Å²) in [5, 5.41) is 7.63. The standard InChI is InChI=1S/C10H16N4O/c1-2-3-13-4-9(5-13)6-14-7-10(8-15)11-12-14/h7-9H,2-6H2,1H3. The zero-order valence-electron chi connectivity index (χ0n) is 8.96. The first-order chi connectivity index (χ1) is 7.31. The maximum atomic E-state index is 10.4. The predicted octanol–water partition coefficient (Wildman–Crippen LogP) is 0.432. The minimum atomic E-state index is 0.416. The highest BCUT2D eigenvalue weighted by molar-refractivity contribution is 5.70. The number of aromatic nitrogens is 3. The Hall–Kier alpha value is -1.23. The van der Waals surface area contributed by atoms with Crippen molar-refractivity contribution in [3.05, 3.63) is 11.9 Å². The van der Waals surface area contributed by atoms with Crippen LogP contribution in [0.2, 0.25) is 0 Å². The first-order valence-corrected chi connectivity index (χ1v) is 5.39. The van der Waals surface area contributed by atoms with Crippen molar-refractivity contribution in [3.63, 3.8) is 0 Å². The second kappa shape index (κ2) is 4.53. The lowest BCUT2D eigenvalue weighted by Gasteiger charge is -2.38. The molecule has 1 aliphatic rings. The van der Waals surface area contributed by atoms with Crippen LogP contribution in [0, 0.1) is 5.92 Å². The van der Waals surface area contributed by atoms with Crippen LogP contribution in [0.4, 0.5) is 0 Å². The molecule has 0 N–H and O–H groups in total. The SMILES string of the molecule is CCCN1CC(Cn2cc(C=O)nn2)C1. The number of carbonyl (C=O) groups excluding carboxylic acids is 1. The van der Waals surface area contributed by atoms with Crippen molar-refractivity contribution in [3.8, 4) is 0 Å². The summed E-state index contributed by atoms with van der Waals surface area (Å²) in [6.07, 6.45) is 3.65. The van der Waals surface area contributed by atoms with Gasteiger partial charge in [0.15, 0.2) is 6.29 Å². The van der Waals surface area contributed by atoms with Crippen LogP contribution in [-0.2, 0) is 6.54 Å². The molecule has 5 nitrogen and oxygen atoms in total. The van der Waals surface area contributed by atoms with Crippen LogP contribution in [0.1, 0.15) is 23.8 Å². The molecular weight excluding hydrogens is 192 g/mol. The molecule has 0 bridgehead atoms. The van der Waals surface area contributed by atoms with Crippen LogP contribution in [0.3, 0.4) is 0 Å². The average molecular weight is 208 g/mol. The Morgan fingerprint density at radius 1 is 1.60 bits per heavy atom. The van der Waals surface area contributed by atoms with E-state index in [0.29, 0.717) is 11.6 Å². The summed E-state index contributed by atoms with van der Waals surface area (Å²) < 4.78 is 1.76. The molecule has 1 aromatic heterocycles. The molecule has 0 radical (unpaired) electrons. The molecule has 0 spiro atoms. The lowest BCUT2D eigenvalue weighted by Crippen LogP contribution is -2.48. The van der Waals surface area contributed by atoms with E-state index in [0.717, 1.165) is 25.9 Å². The van der Waals surface area contributed by atoms with Crippen LogP contribution < -0.4 is 0 Å². The quantitative estimate of drug-likeness (QED) is 0.658. The summed E-state index contributed by atoms with van der Waals surface area (Å²) in [4.78, 5) is 12.8. The fraction of sp³-hybridized carbons (Fsp3) is 0.700. The van der Waals surface area contributed by atoms with Crippen molar-refractivity contribution in [2.45, 2.75) is 19.9 Å². The van der Waals surface area contributed by atoms with Gasteiger partial charge >= 0.3 is 0 Å². The normalized spacial score (nSPS) is 17.7. The number of carbonyl (C=O) groups is 1. The monoisotopic (exact) mass is 208 g/mol. The van der Waals surface area contributed by atoms with E-state index >= 15 is 0 Å². The molecule has 0 unspecified atom stereocenters. The summed E-state index contributed by atoms with van der Waals surface area (Å²) in [5.74, 6) is 0.665. The second-order valence-electron chi connectivity index (χ2n) is 4.11. The molecule has 0 aliphatic carbocycles. The Labute approximate surface area is 89.1 Å². The lowest BCUT2D eigenvalue weighted by atomic mass is 10.0. The van der Waals surface area contributed by atoms with E-state index in [4.69, 9.17) is 0 Å². The molecule has 5 heteroatoms. The summed E-state index contributed by atoms with van der Waals surface area (Å²) in [6, 6.07) is 0. The first-order valence-electron chi connectivity index (χ1n) is 5.39. The smallest absolute Gasteiger partial charge is 0.171 e. The van der Waals surface area contributed by atoms with Gasteiger partial charge in [0.1, 0.15) is 5.69 Å². The van der Waals surface area contributed by atoms with Crippen molar-refractivity contribution in [1.82, 2.24) is 19.9 Å². The highest BCUT2D eigenvalue weighted by Crippen LogP contribution is 2.16. The largest absolute Gasteiger partial charge is 0.303 e. The Morgan fingerprint density at radius 2 is 2.40 bits per heavy atom. The third-order valence-corrected chi connectivity index (χ3v) is 2.70. The number of aldehydes is 1. The van der Waals surface area contributed by atoms with Gasteiger partial charge in [0.05, 0.1) is 6.20 Å². The minimum Gasteiger partial charge on any atom is -0.303 e. The van der Waals surface area contributed by atoms with E-state index in [1.54, 1.807) is 10.9 Å². The fourth-order valence-electron chi connectivity index (χ4n) is 2.01. The van der Waals surface area contributed by atoms with Gasteiger partial charge in [-0.25, -0.2) is 0 Å². The first kappa shape index (κ1) is 10.3. The molecule has 0 aromatic carbocycles. The van der Waals surface area contributed by atoms with Gasteiger partial charge in [-0.15, -0.1) is 5.10 Å². The third kappa shape index (κ3) is 2.41. The lowest BCUT2D eigenvalue weighted by molar-refractivity contribution is 0.0852. The van der Waals surface area contributed by atoms with Crippen molar-refractivity contribution in [1.29, 1.82) is 0 Å². The molecule has 2 rings (SSSR count). The third-order valence-electron chi connectivity index (χ3n) is 2.70. The Bertz CT molecular complexity index is 330. The zero-order chi connectivity index (χ0) is 10.7. The van der Waals surface area contributed by atoms with Crippen LogP contribution in [0.25, 0.3) is 0 Å². The summed E-state index contributed by atoms with van der Waals surface area (Å²) in [5.41, 5.74) is 0.416. The molecule has 0 saturated carbocycles. The van der Waals surface area contributed by atoms with E-state index in [1.807, 2.05) is 0 Å². The molecule has 1 fully saturated rings. The number of hydrogen-bond acceptors (Lipinski definition) is 4. The van der Waals surface area contributed by atoms with Crippen molar-refractivity contribution >= 4 is 6.29 Å². The van der Waals surface area contributed by atoms with E-state index < -0.39 is 0 Å². The van der Waals surface area contributed by atoms with Crippen LogP contribution in [0.15, 0.2) is 6.20 Å². The van der Waals surface area contributed by atoms with Gasteiger partial charge in [-0.05, 0) is 13.0 Å². The van der Waals surface area contributed by atoms with Gasteiger partial charge in [0.2, 0.25) is 0 Å². The van der Waals surface area contributed by atoms with E-state index in [1.165, 1.54) is 13.0 Å². The van der Waals surface area contributed by atoms with Gasteiger partial charge < -0.3 is 4.90 Å². The second-order valence-corrected chi connectivity index (χ2v) is 4.11. The predicted molar refractivity (Wildman–Crippen MR) is 55.6 cm³/mol. The minimum absolute atomic E-state index is 0.416. The summed E-state index contributed by atoms with van der Waals surface area (Å²) >= 11 is 0. The van der Waals surface area contributed by atoms with E-state index in [9.17, 15) is 4.79 Å². The molecule has 1 aliphatic heterocycles. The number of nitrogens with zero attached hydrogens (tertiary/aromatic N) is 4. The van der Waals surface area contributed by atoms with Gasteiger partial charge in [-0.2, -0.15) is 0 Å². The highest BCUT2D eigenvalue weighted by atomic mass is 16.1. The zero-order valence-corrected chi connectivity index (χ0v) is 8.96. The topological polar surface area (TPSA) is 51.0 Å². The van der Waals surface area contributed by atoms with E-state index in [2.05, 4.69) is 22.1 Å². The fourth-order valence-corrected chi connectivity index (χ4v) is 2.01. The van der Waals surface area contributed by atoms with Crippen molar-refractivity contribution in [2.75, 3.05) is 19.6 Å². The van der Waals surface area contributed by atoms with E-state index in [-0.39, 0.29) is 0 Å². The Balaban J connectivity index is 1.77. The van der Waals surface area contributed by atoms with Gasteiger partial charge in [0, 0.05) is 25.6 Å². The highest BCUT2D eigenvalue weighted by Gasteiger charge is 2.26. The molecule has 2 heterocycles. The van der Waals surface area contributed by atoms with Crippen LogP contribution >= 0.6 is 0 Å². The average Bonchev–Trinajstić information content (AvgIpc) is 2.62. The summed E-state index contributed by atoms with van der Waals surface area (Å²) in [7, 11) is 0. The molecule has 82 valence electrons. The van der Waals surface area contributed by atoms with Gasteiger partial charge in [0.25, 0.3) is 0 Å². The number of rotatable bonds is 5. The Morgan fingerprint density at radius 3 is 3.00 bits per heavy atom. The van der Waals surface area contributed by atoms with Gasteiger partial charge in [-0.3, -0.25) is 9.48 Å². The summed E-state index contributed by atoms with van der Waals surface area (Å²) in [6.45, 7) is 6.55. The maximum absolute atomic E-state index is 10.4. The van der Waals surface area contributed by atoms with Gasteiger partial charge in [-0.1, -0.05) is 12.1 Å². The molecule has 15 heavy (non-hydrogen) atoms. The molecule has 1 saturated heterocycles. The van der Waals surface area contributed by atoms with Crippen LogP contribution in [-0.4, -0.2) is 45.8 Å². The van der Waals surface area contributed by atoms with Crippen molar-refractivity contribution < 1.29 is 4.79 Å². The maximum Gasteiger partial charge on any atom is 0.171 e. The molecule has 1 aromatic rings. The van der Waals surface area contributed by atoms with Crippen LogP contribution in [0.5, 0.6) is 0 Å². The number of likely N-dealkylation sites (tertiary alicyclic amines) is 1. The molecule has 0 atom stereocenters. The number of hydrogen-bond donors (Lipinski definition) is 0. The molecule has 0 amide bonds.